The van der Waals surface area contributed by atoms with Gasteiger partial charge in [0.15, 0.2) is 0 Å². The van der Waals surface area contributed by atoms with Crippen molar-refractivity contribution in [3.8, 4) is 0 Å². The highest BCUT2D eigenvalue weighted by molar-refractivity contribution is 4.82. The van der Waals surface area contributed by atoms with Gasteiger partial charge in [-0.3, -0.25) is 0 Å². The summed E-state index contributed by atoms with van der Waals surface area (Å²) < 4.78 is 0. The molecule has 0 saturated heterocycles. The van der Waals surface area contributed by atoms with Gasteiger partial charge in [-0.15, -0.1) is 0 Å². The first kappa shape index (κ1) is 11.0. The van der Waals surface area contributed by atoms with Gasteiger partial charge in [-0.25, -0.2) is 0 Å². The molecule has 0 fully saturated rings. The molecule has 0 unspecified atom stereocenters. The van der Waals surface area contributed by atoms with E-state index in [0.717, 1.165) is 6.54 Å². The average molecular weight is 157 g/mol. The molecule has 0 rings (SSSR count). The van der Waals surface area contributed by atoms with Crippen LogP contribution in [0.5, 0.6) is 0 Å². The third kappa shape index (κ3) is 3.24. The quantitative estimate of drug-likeness (QED) is 0.664. The largest absolute Gasteiger partial charge is 0.320 e. The summed E-state index contributed by atoms with van der Waals surface area (Å²) in [5.41, 5.74) is 0.833. The highest BCUT2D eigenvalue weighted by Crippen LogP contribution is 2.40. The van der Waals surface area contributed by atoms with E-state index in [1.807, 2.05) is 7.05 Å². The first-order valence-corrected chi connectivity index (χ1v) is 4.46. The van der Waals surface area contributed by atoms with E-state index in [-0.39, 0.29) is 0 Å². The molecule has 0 aromatic heterocycles. The lowest BCUT2D eigenvalue weighted by Crippen LogP contribution is -2.32. The van der Waals surface area contributed by atoms with Crippen LogP contribution >= 0.6 is 0 Å². The molecule has 0 aliphatic rings. The molecule has 1 nitrogen and oxygen atoms in total. The maximum absolute atomic E-state index is 3.20. The normalized spacial score (nSPS) is 13.6. The Morgan fingerprint density at radius 1 is 1.00 bits per heavy atom. The summed E-state index contributed by atoms with van der Waals surface area (Å²) in [5.74, 6) is 0. The Bertz CT molecular complexity index is 109. The van der Waals surface area contributed by atoms with E-state index in [4.69, 9.17) is 0 Å². The van der Waals surface area contributed by atoms with Crippen molar-refractivity contribution < 1.29 is 0 Å². The second kappa shape index (κ2) is 3.57. The first-order chi connectivity index (χ1) is 4.81. The molecule has 0 aliphatic carbocycles. The third-order valence-electron chi connectivity index (χ3n) is 3.03. The molecule has 11 heavy (non-hydrogen) atoms. The molecule has 0 aromatic rings. The van der Waals surface area contributed by atoms with Gasteiger partial charge in [-0.2, -0.15) is 0 Å². The summed E-state index contributed by atoms with van der Waals surface area (Å²) in [6.07, 6.45) is 1.24. The Kier molecular flexibility index (Phi) is 3.56. The predicted octanol–water partition coefficient (Wildman–Crippen LogP) is 2.67. The Morgan fingerprint density at radius 2 is 1.45 bits per heavy atom. The summed E-state index contributed by atoms with van der Waals surface area (Å²) in [6.45, 7) is 12.7. The van der Waals surface area contributed by atoms with E-state index in [0.29, 0.717) is 10.8 Å². The summed E-state index contributed by atoms with van der Waals surface area (Å²) in [4.78, 5) is 0. The topological polar surface area (TPSA) is 12.0 Å². The van der Waals surface area contributed by atoms with Crippen molar-refractivity contribution in [1.29, 1.82) is 0 Å². The molecule has 0 atom stereocenters. The van der Waals surface area contributed by atoms with Gasteiger partial charge < -0.3 is 5.32 Å². The lowest BCUT2D eigenvalue weighted by Gasteiger charge is -2.39. The van der Waals surface area contributed by atoms with Crippen LogP contribution < -0.4 is 5.32 Å². The number of nitrogens with one attached hydrogen (secondary N) is 1. The number of hydrogen-bond donors (Lipinski definition) is 1. The lowest BCUT2D eigenvalue weighted by atomic mass is 9.67. The minimum Gasteiger partial charge on any atom is -0.320 e. The van der Waals surface area contributed by atoms with E-state index in [1.54, 1.807) is 0 Å². The summed E-state index contributed by atoms with van der Waals surface area (Å²) in [7, 11) is 2.01. The standard InChI is InChI=1S/C10H23N/c1-9(2,3)10(4,5)7-8-11-6/h11H,7-8H2,1-6H3. The van der Waals surface area contributed by atoms with Crippen LogP contribution in [0.3, 0.4) is 0 Å². The van der Waals surface area contributed by atoms with Crippen LogP contribution in [0.2, 0.25) is 0 Å². The highest BCUT2D eigenvalue weighted by atomic mass is 14.8. The average Bonchev–Trinajstić information content (AvgIpc) is 1.81. The number of rotatable bonds is 3. The van der Waals surface area contributed by atoms with Crippen molar-refractivity contribution in [2.45, 2.75) is 41.0 Å². The van der Waals surface area contributed by atoms with Crippen LogP contribution in [-0.2, 0) is 0 Å². The van der Waals surface area contributed by atoms with Gasteiger partial charge in [-0.05, 0) is 30.8 Å². The molecule has 0 aromatic carbocycles. The van der Waals surface area contributed by atoms with Crippen LogP contribution in [0.4, 0.5) is 0 Å². The van der Waals surface area contributed by atoms with Crippen molar-refractivity contribution >= 4 is 0 Å². The molecule has 68 valence electrons. The highest BCUT2D eigenvalue weighted by Gasteiger charge is 2.31. The van der Waals surface area contributed by atoms with Crippen LogP contribution in [-0.4, -0.2) is 13.6 Å². The van der Waals surface area contributed by atoms with E-state index in [1.165, 1.54) is 6.42 Å². The molecule has 0 amide bonds. The van der Waals surface area contributed by atoms with Crippen LogP contribution in [0, 0.1) is 10.8 Å². The molecule has 0 bridgehead atoms. The second-order valence-electron chi connectivity index (χ2n) is 4.99. The maximum Gasteiger partial charge on any atom is -0.00466 e. The molecule has 0 heterocycles. The van der Waals surface area contributed by atoms with Crippen molar-refractivity contribution in [1.82, 2.24) is 5.32 Å². The van der Waals surface area contributed by atoms with Gasteiger partial charge in [-0.1, -0.05) is 34.6 Å². The fraction of sp³-hybridized carbons (Fsp3) is 1.00. The van der Waals surface area contributed by atoms with E-state index in [9.17, 15) is 0 Å². The molecule has 0 aliphatic heterocycles. The third-order valence-corrected chi connectivity index (χ3v) is 3.03. The first-order valence-electron chi connectivity index (χ1n) is 4.46. The molecular formula is C10H23N. The van der Waals surface area contributed by atoms with E-state index in [2.05, 4.69) is 39.9 Å². The Morgan fingerprint density at radius 3 is 1.73 bits per heavy atom. The Hall–Kier alpha value is -0.0400. The molecule has 0 spiro atoms. The zero-order valence-corrected chi connectivity index (χ0v) is 8.91. The van der Waals surface area contributed by atoms with Crippen molar-refractivity contribution in [3.63, 3.8) is 0 Å². The minimum absolute atomic E-state index is 0.407. The Labute approximate surface area is 71.6 Å². The van der Waals surface area contributed by atoms with Gasteiger partial charge in [0, 0.05) is 0 Å². The zero-order chi connectivity index (χ0) is 9.12. The molecule has 1 heteroatoms. The zero-order valence-electron chi connectivity index (χ0n) is 8.91. The molecular weight excluding hydrogens is 134 g/mol. The van der Waals surface area contributed by atoms with Gasteiger partial charge in [0.2, 0.25) is 0 Å². The molecule has 0 radical (unpaired) electrons. The minimum atomic E-state index is 0.407. The van der Waals surface area contributed by atoms with Crippen molar-refractivity contribution in [2.75, 3.05) is 13.6 Å². The van der Waals surface area contributed by atoms with Crippen LogP contribution in [0.25, 0.3) is 0 Å². The van der Waals surface area contributed by atoms with Gasteiger partial charge in [0.1, 0.15) is 0 Å². The summed E-state index contributed by atoms with van der Waals surface area (Å²) in [6, 6.07) is 0. The van der Waals surface area contributed by atoms with Crippen LogP contribution in [0.1, 0.15) is 41.0 Å². The Balaban J connectivity index is 4.00. The molecule has 0 saturated carbocycles. The maximum atomic E-state index is 3.20. The monoisotopic (exact) mass is 157 g/mol. The summed E-state index contributed by atoms with van der Waals surface area (Å²) in [5, 5.41) is 3.20. The van der Waals surface area contributed by atoms with Gasteiger partial charge in [0.05, 0.1) is 0 Å². The van der Waals surface area contributed by atoms with Gasteiger partial charge >= 0.3 is 0 Å². The van der Waals surface area contributed by atoms with Gasteiger partial charge in [0.25, 0.3) is 0 Å². The second-order valence-corrected chi connectivity index (χ2v) is 4.99. The van der Waals surface area contributed by atoms with E-state index >= 15 is 0 Å². The SMILES string of the molecule is CNCCC(C)(C)C(C)(C)C. The van der Waals surface area contributed by atoms with E-state index < -0.39 is 0 Å². The van der Waals surface area contributed by atoms with Crippen molar-refractivity contribution in [3.05, 3.63) is 0 Å². The lowest BCUT2D eigenvalue weighted by molar-refractivity contribution is 0.120. The van der Waals surface area contributed by atoms with Crippen molar-refractivity contribution in [2.24, 2.45) is 10.8 Å². The fourth-order valence-electron chi connectivity index (χ4n) is 0.812. The predicted molar refractivity (Wildman–Crippen MR) is 51.8 cm³/mol. The van der Waals surface area contributed by atoms with Crippen LogP contribution in [0.15, 0.2) is 0 Å². The number of hydrogen-bond acceptors (Lipinski definition) is 1. The smallest absolute Gasteiger partial charge is 0.00466 e. The molecule has 1 N–H and O–H groups in total. The summed E-state index contributed by atoms with van der Waals surface area (Å²) >= 11 is 0. The fourth-order valence-corrected chi connectivity index (χ4v) is 0.812.